The van der Waals surface area contributed by atoms with Gasteiger partial charge < -0.3 is 15.5 Å². The number of nitrogens with two attached hydrogens (primary N) is 1. The minimum atomic E-state index is -0.467. The van der Waals surface area contributed by atoms with Crippen LogP contribution in [0.25, 0.3) is 0 Å². The summed E-state index contributed by atoms with van der Waals surface area (Å²) in [7, 11) is 0. The Balaban J connectivity index is 1.49. The second-order valence-electron chi connectivity index (χ2n) is 6.85. The highest BCUT2D eigenvalue weighted by molar-refractivity contribution is 5.92. The molecule has 1 aliphatic rings. The van der Waals surface area contributed by atoms with Gasteiger partial charge in [0.15, 0.2) is 0 Å². The predicted molar refractivity (Wildman–Crippen MR) is 103 cm³/mol. The number of nitrogens with zero attached hydrogens (tertiary/aromatic N) is 4. The molecule has 0 bridgehead atoms. The van der Waals surface area contributed by atoms with Crippen molar-refractivity contribution in [1.82, 2.24) is 24.8 Å². The van der Waals surface area contributed by atoms with Gasteiger partial charge in [-0.3, -0.25) is 14.7 Å². The van der Waals surface area contributed by atoms with Crippen LogP contribution in [0.15, 0.2) is 49.1 Å². The number of nitrogens with one attached hydrogen (secondary N) is 1. The van der Waals surface area contributed by atoms with E-state index in [4.69, 9.17) is 10.5 Å². The number of rotatable bonds is 6. The molecule has 3 N–H and O–H groups in total. The number of benzene rings is 1. The molecule has 1 aromatic carbocycles. The van der Waals surface area contributed by atoms with Crippen molar-refractivity contribution in [3.63, 3.8) is 0 Å². The third kappa shape index (κ3) is 4.17. The van der Waals surface area contributed by atoms with Crippen LogP contribution in [-0.4, -0.2) is 43.8 Å². The van der Waals surface area contributed by atoms with E-state index in [1.54, 1.807) is 42.9 Å². The Morgan fingerprint density at radius 3 is 2.75 bits per heavy atom. The molecule has 4 rings (SSSR count). The lowest BCUT2D eigenvalue weighted by atomic mass is 9.94. The van der Waals surface area contributed by atoms with E-state index < -0.39 is 5.91 Å². The second-order valence-corrected chi connectivity index (χ2v) is 6.85. The Morgan fingerprint density at radius 1 is 1.18 bits per heavy atom. The Bertz CT molecular complexity index is 926. The first-order valence-electron chi connectivity index (χ1n) is 9.28. The Hall–Kier alpha value is -3.26. The lowest BCUT2D eigenvalue weighted by Crippen LogP contribution is -2.34. The summed E-state index contributed by atoms with van der Waals surface area (Å²) >= 11 is 0. The molecule has 1 unspecified atom stereocenters. The predicted octanol–water partition coefficient (Wildman–Crippen LogP) is 2.47. The van der Waals surface area contributed by atoms with Gasteiger partial charge in [0, 0.05) is 42.8 Å². The molecular formula is C20H22N6O2. The highest BCUT2D eigenvalue weighted by Gasteiger charge is 2.26. The van der Waals surface area contributed by atoms with E-state index in [-0.39, 0.29) is 5.92 Å². The van der Waals surface area contributed by atoms with Gasteiger partial charge in [-0.05, 0) is 43.7 Å². The minimum absolute atomic E-state index is 0.234. The topological polar surface area (TPSA) is 110 Å². The van der Waals surface area contributed by atoms with Crippen molar-refractivity contribution in [3.05, 3.63) is 66.1 Å². The van der Waals surface area contributed by atoms with Gasteiger partial charge >= 0.3 is 0 Å². The summed E-state index contributed by atoms with van der Waals surface area (Å²) in [6, 6.07) is 6.70. The molecule has 1 atom stereocenters. The lowest BCUT2D eigenvalue weighted by molar-refractivity contribution is 0.100. The number of piperidine rings is 1. The van der Waals surface area contributed by atoms with Gasteiger partial charge in [0.05, 0.1) is 6.54 Å². The van der Waals surface area contributed by atoms with Crippen molar-refractivity contribution in [2.75, 3.05) is 13.1 Å². The van der Waals surface area contributed by atoms with Gasteiger partial charge in [-0.1, -0.05) is 0 Å². The monoisotopic (exact) mass is 378 g/mol. The standard InChI is InChI=1S/C20H22N6O2/c21-19(27)14-3-5-16(6-4-14)28-20-18(24-9-10-25-20)15-2-1-11-26(12-15)13-17-22-7-8-23-17/h3-10,15H,1-2,11-13H2,(H2,21,27)(H,22,23). The van der Waals surface area contributed by atoms with Gasteiger partial charge in [0.2, 0.25) is 11.8 Å². The fourth-order valence-corrected chi connectivity index (χ4v) is 3.51. The summed E-state index contributed by atoms with van der Waals surface area (Å²) in [5.74, 6) is 1.82. The van der Waals surface area contributed by atoms with Crippen molar-refractivity contribution in [2.24, 2.45) is 5.73 Å². The molecule has 1 saturated heterocycles. The van der Waals surface area contributed by atoms with Crippen LogP contribution in [0.2, 0.25) is 0 Å². The number of likely N-dealkylation sites (tertiary alicyclic amines) is 1. The van der Waals surface area contributed by atoms with Crippen LogP contribution in [0.5, 0.6) is 11.6 Å². The molecule has 1 amide bonds. The fraction of sp³-hybridized carbons (Fsp3) is 0.300. The fourth-order valence-electron chi connectivity index (χ4n) is 3.51. The number of primary amides is 1. The molecule has 1 fully saturated rings. The van der Waals surface area contributed by atoms with E-state index in [1.807, 2.05) is 6.20 Å². The second kappa shape index (κ2) is 8.18. The van der Waals surface area contributed by atoms with Gasteiger partial charge in [-0.15, -0.1) is 0 Å². The number of ether oxygens (including phenoxy) is 1. The van der Waals surface area contributed by atoms with Crippen LogP contribution in [0.4, 0.5) is 0 Å². The minimum Gasteiger partial charge on any atom is -0.437 e. The number of carbonyl (C=O) groups excluding carboxylic acids is 1. The van der Waals surface area contributed by atoms with E-state index in [1.165, 1.54) is 0 Å². The Labute approximate surface area is 162 Å². The molecule has 2 aromatic heterocycles. The van der Waals surface area contributed by atoms with Crippen LogP contribution in [0, 0.1) is 0 Å². The summed E-state index contributed by atoms with van der Waals surface area (Å²) in [4.78, 5) is 30.0. The molecule has 8 nitrogen and oxygen atoms in total. The number of H-pyrrole nitrogens is 1. The maximum atomic E-state index is 11.2. The largest absolute Gasteiger partial charge is 0.437 e. The van der Waals surface area contributed by atoms with Crippen LogP contribution >= 0.6 is 0 Å². The van der Waals surface area contributed by atoms with Crippen molar-refractivity contribution in [1.29, 1.82) is 0 Å². The Kier molecular flexibility index (Phi) is 5.29. The normalized spacial score (nSPS) is 17.4. The molecular weight excluding hydrogens is 356 g/mol. The Morgan fingerprint density at radius 2 is 2.00 bits per heavy atom. The summed E-state index contributed by atoms with van der Waals surface area (Å²) < 4.78 is 5.98. The summed E-state index contributed by atoms with van der Waals surface area (Å²) in [6.07, 6.45) is 9.05. The molecule has 0 saturated carbocycles. The van der Waals surface area contributed by atoms with Crippen LogP contribution in [0.1, 0.15) is 40.6 Å². The molecule has 8 heteroatoms. The van der Waals surface area contributed by atoms with E-state index >= 15 is 0 Å². The van der Waals surface area contributed by atoms with E-state index in [0.29, 0.717) is 17.2 Å². The zero-order valence-corrected chi connectivity index (χ0v) is 15.4. The first-order chi connectivity index (χ1) is 13.7. The lowest BCUT2D eigenvalue weighted by Gasteiger charge is -2.32. The average molecular weight is 378 g/mol. The quantitative estimate of drug-likeness (QED) is 0.682. The van der Waals surface area contributed by atoms with Gasteiger partial charge in [-0.25, -0.2) is 9.97 Å². The van der Waals surface area contributed by atoms with E-state index in [0.717, 1.165) is 44.0 Å². The maximum Gasteiger partial charge on any atom is 0.248 e. The van der Waals surface area contributed by atoms with Gasteiger partial charge in [0.25, 0.3) is 0 Å². The number of aromatic nitrogens is 4. The number of hydrogen-bond donors (Lipinski definition) is 2. The highest BCUT2D eigenvalue weighted by Crippen LogP contribution is 2.32. The number of amides is 1. The van der Waals surface area contributed by atoms with Gasteiger partial charge in [0.1, 0.15) is 17.3 Å². The zero-order chi connectivity index (χ0) is 19.3. The summed E-state index contributed by atoms with van der Waals surface area (Å²) in [5.41, 5.74) is 6.58. The molecule has 144 valence electrons. The highest BCUT2D eigenvalue weighted by atomic mass is 16.5. The molecule has 28 heavy (non-hydrogen) atoms. The van der Waals surface area contributed by atoms with E-state index in [2.05, 4.69) is 24.8 Å². The van der Waals surface area contributed by atoms with Crippen molar-refractivity contribution in [3.8, 4) is 11.6 Å². The van der Waals surface area contributed by atoms with Crippen LogP contribution < -0.4 is 10.5 Å². The van der Waals surface area contributed by atoms with Crippen LogP contribution in [-0.2, 0) is 6.54 Å². The number of carbonyl (C=O) groups is 1. The molecule has 0 spiro atoms. The third-order valence-electron chi connectivity index (χ3n) is 4.86. The molecule has 3 aromatic rings. The molecule has 1 aliphatic heterocycles. The molecule has 0 aliphatic carbocycles. The number of aromatic amines is 1. The first kappa shape index (κ1) is 18.1. The number of hydrogen-bond acceptors (Lipinski definition) is 6. The van der Waals surface area contributed by atoms with E-state index in [9.17, 15) is 4.79 Å². The average Bonchev–Trinajstić information content (AvgIpc) is 3.22. The summed E-state index contributed by atoms with van der Waals surface area (Å²) in [5, 5.41) is 0. The first-order valence-corrected chi connectivity index (χ1v) is 9.28. The third-order valence-corrected chi connectivity index (χ3v) is 4.86. The van der Waals surface area contributed by atoms with Crippen molar-refractivity contribution < 1.29 is 9.53 Å². The van der Waals surface area contributed by atoms with Crippen molar-refractivity contribution in [2.45, 2.75) is 25.3 Å². The number of imidazole rings is 1. The maximum absolute atomic E-state index is 11.2. The van der Waals surface area contributed by atoms with Crippen molar-refractivity contribution >= 4 is 5.91 Å². The molecule has 0 radical (unpaired) electrons. The smallest absolute Gasteiger partial charge is 0.248 e. The van der Waals surface area contributed by atoms with Gasteiger partial charge in [-0.2, -0.15) is 0 Å². The molecule has 3 heterocycles. The van der Waals surface area contributed by atoms with Crippen LogP contribution in [0.3, 0.4) is 0 Å². The SMILES string of the molecule is NC(=O)c1ccc(Oc2nccnc2C2CCCN(Cc3ncc[nH]3)C2)cc1. The summed E-state index contributed by atoms with van der Waals surface area (Å²) in [6.45, 7) is 2.69. The zero-order valence-electron chi connectivity index (χ0n) is 15.4.